The van der Waals surface area contributed by atoms with Crippen LogP contribution in [-0.4, -0.2) is 20.0 Å². The zero-order valence-electron chi connectivity index (χ0n) is 27.4. The summed E-state index contributed by atoms with van der Waals surface area (Å²) < 4.78 is 2.24. The van der Waals surface area contributed by atoms with E-state index in [4.69, 9.17) is 9.92 Å². The average Bonchev–Trinajstić information content (AvgIpc) is 3.62. The van der Waals surface area contributed by atoms with Crippen molar-refractivity contribution in [3.63, 3.8) is 0 Å². The fraction of sp³-hybridized carbons (Fsp3) is 0.146. The Morgan fingerprint density at radius 1 is 0.708 bits per heavy atom. The first kappa shape index (κ1) is 32.2. The molecule has 0 bridgehead atoms. The van der Waals surface area contributed by atoms with Crippen molar-refractivity contribution in [1.29, 1.82) is 0 Å². The van der Waals surface area contributed by atoms with Crippen molar-refractivity contribution in [2.24, 2.45) is 0 Å². The van der Waals surface area contributed by atoms with Crippen LogP contribution in [0.5, 0.6) is 0 Å². The number of benzene rings is 5. The molecule has 5 aromatic carbocycles. The van der Waals surface area contributed by atoms with E-state index in [1.807, 2.05) is 11.3 Å². The van der Waals surface area contributed by atoms with Crippen LogP contribution in [0.25, 0.3) is 38.8 Å². The van der Waals surface area contributed by atoms with Gasteiger partial charge in [-0.15, -0.1) is 55.3 Å². The van der Waals surface area contributed by atoms with Gasteiger partial charge in [0.05, 0.1) is 0 Å². The van der Waals surface area contributed by atoms with E-state index in [0.29, 0.717) is 0 Å². The largest absolute Gasteiger partial charge is 0.319 e. The van der Waals surface area contributed by atoms with Crippen LogP contribution in [0.3, 0.4) is 0 Å². The van der Waals surface area contributed by atoms with Crippen molar-refractivity contribution < 1.29 is 26.0 Å². The quantitative estimate of drug-likeness (QED) is 0.128. The summed E-state index contributed by atoms with van der Waals surface area (Å²) in [6, 6.07) is 45.6. The summed E-state index contributed by atoms with van der Waals surface area (Å²) in [4.78, 5) is 11.9. The van der Waals surface area contributed by atoms with E-state index in [1.54, 1.807) is 11.8 Å². The normalized spacial score (nSPS) is 12.9. The molecule has 48 heavy (non-hydrogen) atoms. The van der Waals surface area contributed by atoms with Crippen LogP contribution >= 0.6 is 11.8 Å². The third-order valence-electron chi connectivity index (χ3n) is 8.65. The summed E-state index contributed by atoms with van der Waals surface area (Å²) in [5.74, 6) is 0.876. The van der Waals surface area contributed by atoms with Gasteiger partial charge in [-0.2, -0.15) is 29.2 Å². The van der Waals surface area contributed by atoms with Gasteiger partial charge in [-0.3, -0.25) is 0 Å². The van der Waals surface area contributed by atoms with Crippen LogP contribution in [-0.2, 0) is 21.1 Å². The molecule has 0 amide bonds. The molecule has 0 unspecified atom stereocenters. The number of aromatic nitrogens is 2. The molecule has 0 aliphatic carbocycles. The van der Waals surface area contributed by atoms with Gasteiger partial charge in [-0.1, -0.05) is 54.0 Å². The molecule has 0 radical (unpaired) electrons. The number of hydroxylamine groups is 1. The van der Waals surface area contributed by atoms with Gasteiger partial charge in [0.2, 0.25) is 0 Å². The number of rotatable bonds is 5. The number of aryl methyl sites for hydroxylation is 2. The zero-order valence-corrected chi connectivity index (χ0v) is 30.5. The molecule has 1 aliphatic rings. The minimum atomic E-state index is -0.160. The smallest absolute Gasteiger partial charge is 0.145 e. The second-order valence-corrected chi connectivity index (χ2v) is 14.1. The van der Waals surface area contributed by atoms with Crippen LogP contribution in [0.4, 0.5) is 17.1 Å². The molecule has 0 saturated heterocycles. The standard InChI is InChI=1S/C41H34N4OS.Pt/c1-27-12-10-13-28(2)40(27)29-22-23-42-39(24-29)43-35-17-7-6-16-33(35)34-21-20-32(26-38(34)43)47-31-15-11-14-30(25-31)44-36-18-8-9-19-37(36)45(46-44)41(3,4)5;/h6-24H,1-5H3;/q-2;/p+1. The fourth-order valence-electron chi connectivity index (χ4n) is 6.56. The van der Waals surface area contributed by atoms with E-state index >= 15 is 0 Å². The predicted molar refractivity (Wildman–Crippen MR) is 194 cm³/mol. The maximum atomic E-state index is 5.00. The first-order valence-corrected chi connectivity index (χ1v) is 16.7. The summed E-state index contributed by atoms with van der Waals surface area (Å²) in [5.41, 5.74) is 9.92. The maximum Gasteiger partial charge on any atom is 0.145 e. The van der Waals surface area contributed by atoms with Crippen molar-refractivity contribution >= 4 is 50.6 Å². The number of pyridine rings is 1. The molecule has 1 aliphatic heterocycles. The number of para-hydroxylation sites is 3. The van der Waals surface area contributed by atoms with E-state index in [1.165, 1.54) is 22.1 Å². The molecule has 0 saturated carbocycles. The monoisotopic (exact) mass is 826 g/mol. The molecule has 0 atom stereocenters. The van der Waals surface area contributed by atoms with Crippen molar-refractivity contribution in [3.8, 4) is 16.9 Å². The first-order valence-electron chi connectivity index (χ1n) is 15.9. The van der Waals surface area contributed by atoms with Crippen molar-refractivity contribution in [2.75, 3.05) is 10.1 Å². The molecule has 8 rings (SSSR count). The van der Waals surface area contributed by atoms with Gasteiger partial charge >= 0.3 is 0 Å². The molecule has 7 heteroatoms. The van der Waals surface area contributed by atoms with E-state index < -0.39 is 0 Å². The summed E-state index contributed by atoms with van der Waals surface area (Å²) >= 11 is 1.65. The number of fused-ring (bicyclic) bond motifs is 4. The number of hydrogen-bond acceptors (Lipinski definition) is 4. The van der Waals surface area contributed by atoms with Crippen molar-refractivity contribution in [2.45, 2.75) is 49.9 Å². The maximum absolute atomic E-state index is 5.00. The van der Waals surface area contributed by atoms with Crippen molar-refractivity contribution in [3.05, 3.63) is 139 Å². The Morgan fingerprint density at radius 3 is 2.21 bits per heavy atom. The number of nitrogens with zero attached hydrogens (tertiary/aromatic N) is 4. The minimum Gasteiger partial charge on any atom is -0.319 e. The summed E-state index contributed by atoms with van der Waals surface area (Å²) in [7, 11) is 0. The van der Waals surface area contributed by atoms with Crippen LogP contribution in [0.2, 0.25) is 0 Å². The van der Waals surface area contributed by atoms with Gasteiger partial charge in [0.25, 0.3) is 0 Å². The zero-order chi connectivity index (χ0) is 32.3. The van der Waals surface area contributed by atoms with Crippen molar-refractivity contribution in [1.82, 2.24) is 9.55 Å². The second kappa shape index (κ2) is 12.6. The van der Waals surface area contributed by atoms with Gasteiger partial charge in [-0.05, 0) is 92.6 Å². The van der Waals surface area contributed by atoms with Crippen LogP contribution in [0.15, 0.2) is 125 Å². The number of anilines is 3. The second-order valence-electron chi connectivity index (χ2n) is 13.0. The molecular formula is C41H35N4OPtS-. The molecular weight excluding hydrogens is 792 g/mol. The molecule has 242 valence electrons. The molecule has 0 spiro atoms. The van der Waals surface area contributed by atoms with Crippen LogP contribution < -0.4 is 10.1 Å². The van der Waals surface area contributed by atoms with Gasteiger partial charge < -0.3 is 4.57 Å². The topological polar surface area (TPSA) is 37.1 Å². The Balaban J connectivity index is 0.00000364. The summed E-state index contributed by atoms with van der Waals surface area (Å²) in [6.45, 7) is 10.9. The predicted octanol–water partition coefficient (Wildman–Crippen LogP) is 10.8. The third-order valence-corrected chi connectivity index (χ3v) is 9.57. The average molecular weight is 827 g/mol. The Kier molecular flexibility index (Phi) is 8.45. The van der Waals surface area contributed by atoms with E-state index in [-0.39, 0.29) is 26.6 Å². The molecule has 2 aromatic heterocycles. The minimum absolute atomic E-state index is 0. The van der Waals surface area contributed by atoms with Crippen LogP contribution in [0, 0.1) is 26.0 Å². The van der Waals surface area contributed by atoms with Gasteiger partial charge in [0.15, 0.2) is 0 Å². The number of hydrogen-bond donors (Lipinski definition) is 0. The molecule has 7 aromatic rings. The SMILES string of the molecule is Cc1cccc(C)c1-c1ccnc(-n2c3[c-]c(Sc4[c-]c(N5[OH+]N(C(C)(C)C)c6ccccc65)ccc4)ccc3c3ccccc32)c1.[Pt]. The molecule has 5 nitrogen and oxygen atoms in total. The van der Waals surface area contributed by atoms with E-state index in [2.05, 4.69) is 166 Å². The Bertz CT molecular complexity index is 2290. The first-order chi connectivity index (χ1) is 22.8. The van der Waals surface area contributed by atoms with Gasteiger partial charge in [0, 0.05) is 38.5 Å². The third kappa shape index (κ3) is 5.62. The molecule has 0 fully saturated rings. The molecule has 3 heterocycles. The van der Waals surface area contributed by atoms with Gasteiger partial charge in [-0.25, -0.2) is 4.98 Å². The Hall–Kier alpha value is -4.35. The van der Waals surface area contributed by atoms with E-state index in [0.717, 1.165) is 54.7 Å². The Labute approximate surface area is 300 Å². The van der Waals surface area contributed by atoms with E-state index in [9.17, 15) is 0 Å². The summed E-state index contributed by atoms with van der Waals surface area (Å²) in [6.07, 6.45) is 1.92. The van der Waals surface area contributed by atoms with Crippen LogP contribution in [0.1, 0.15) is 31.9 Å². The fourth-order valence-corrected chi connectivity index (χ4v) is 7.38. The summed E-state index contributed by atoms with van der Waals surface area (Å²) in [5, 5.41) is 6.40. The Morgan fingerprint density at radius 2 is 1.42 bits per heavy atom. The molecule has 1 N–H and O–H groups in total. The van der Waals surface area contributed by atoms with Gasteiger partial charge in [0.1, 0.15) is 22.7 Å².